The molecule has 14 heavy (non-hydrogen) atoms. The molecule has 0 heterocycles. The van der Waals surface area contributed by atoms with Gasteiger partial charge in [0.2, 0.25) is 0 Å². The predicted octanol–water partition coefficient (Wildman–Crippen LogP) is 2.78. The van der Waals surface area contributed by atoms with Crippen LogP contribution >= 0.6 is 12.6 Å². The van der Waals surface area contributed by atoms with Crippen molar-refractivity contribution in [1.82, 2.24) is 0 Å². The van der Waals surface area contributed by atoms with Crippen molar-refractivity contribution in [3.63, 3.8) is 0 Å². The monoisotopic (exact) mass is 211 g/mol. The molecule has 0 saturated heterocycles. The minimum Gasteiger partial charge on any atom is -0.206 e. The molecule has 0 aromatic heterocycles. The summed E-state index contributed by atoms with van der Waals surface area (Å²) in [6, 6.07) is 3.44. The molecule has 0 bridgehead atoms. The Kier molecular flexibility index (Phi) is 3.66. The van der Waals surface area contributed by atoms with E-state index in [4.69, 9.17) is 5.26 Å². The minimum absolute atomic E-state index is 0.121. The number of rotatable bonds is 2. The van der Waals surface area contributed by atoms with Crippen LogP contribution in [0.4, 0.5) is 8.78 Å². The van der Waals surface area contributed by atoms with E-state index in [0.29, 0.717) is 5.75 Å². The molecule has 0 aliphatic heterocycles. The molecule has 0 amide bonds. The Labute approximate surface area is 86.1 Å². The van der Waals surface area contributed by atoms with Gasteiger partial charge in [-0.05, 0) is 12.1 Å². The van der Waals surface area contributed by atoms with E-state index in [1.54, 1.807) is 12.1 Å². The molecule has 0 N–H and O–H groups in total. The molecule has 0 unspecified atom stereocenters. The molecule has 0 radical (unpaired) electrons. The number of hydrogen-bond donors (Lipinski definition) is 1. The maximum absolute atomic E-state index is 13.1. The normalized spacial score (nSPS) is 10.4. The summed E-state index contributed by atoms with van der Waals surface area (Å²) in [5, 5.41) is 8.42. The molecule has 0 aliphatic carbocycles. The van der Waals surface area contributed by atoms with Gasteiger partial charge in [0, 0.05) is 11.3 Å². The van der Waals surface area contributed by atoms with Crippen molar-refractivity contribution in [2.24, 2.45) is 0 Å². The predicted molar refractivity (Wildman–Crippen MR) is 54.0 cm³/mol. The maximum atomic E-state index is 13.1. The lowest BCUT2D eigenvalue weighted by atomic mass is 10.1. The first-order valence-corrected chi connectivity index (χ1v) is 4.49. The number of nitriles is 1. The van der Waals surface area contributed by atoms with Crippen molar-refractivity contribution in [3.05, 3.63) is 41.0 Å². The fourth-order valence-electron chi connectivity index (χ4n) is 0.955. The van der Waals surface area contributed by atoms with Crippen LogP contribution < -0.4 is 0 Å². The van der Waals surface area contributed by atoms with Crippen molar-refractivity contribution in [1.29, 1.82) is 5.26 Å². The van der Waals surface area contributed by atoms with E-state index in [1.165, 1.54) is 6.08 Å². The Bertz CT molecular complexity index is 407. The van der Waals surface area contributed by atoms with E-state index in [2.05, 4.69) is 12.6 Å². The standard InChI is InChI=1S/C10H7F2NS/c11-9-5-8(6-13)10(12)4-7(9)2-1-3-14/h1-2,4-5,14H,3H2. The van der Waals surface area contributed by atoms with Gasteiger partial charge in [-0.1, -0.05) is 12.2 Å². The molecule has 72 valence electrons. The van der Waals surface area contributed by atoms with Gasteiger partial charge < -0.3 is 0 Å². The first-order valence-electron chi connectivity index (χ1n) is 3.85. The summed E-state index contributed by atoms with van der Waals surface area (Å²) in [6.07, 6.45) is 3.01. The van der Waals surface area contributed by atoms with Gasteiger partial charge in [-0.25, -0.2) is 8.78 Å². The summed E-state index contributed by atoms with van der Waals surface area (Å²) < 4.78 is 26.2. The Hall–Kier alpha value is -1.34. The van der Waals surface area contributed by atoms with Gasteiger partial charge in [-0.15, -0.1) is 0 Å². The molecule has 4 heteroatoms. The second kappa shape index (κ2) is 4.77. The highest BCUT2D eigenvalue weighted by atomic mass is 32.1. The van der Waals surface area contributed by atoms with Gasteiger partial charge >= 0.3 is 0 Å². The molecule has 0 aliphatic rings. The van der Waals surface area contributed by atoms with Gasteiger partial charge in [-0.3, -0.25) is 0 Å². The van der Waals surface area contributed by atoms with Crippen LogP contribution in [0.1, 0.15) is 11.1 Å². The smallest absolute Gasteiger partial charge is 0.141 e. The van der Waals surface area contributed by atoms with Crippen LogP contribution in [0, 0.1) is 23.0 Å². The SMILES string of the molecule is N#Cc1cc(F)c(C=CCS)cc1F. The number of benzene rings is 1. The average molecular weight is 211 g/mol. The fourth-order valence-corrected chi connectivity index (χ4v) is 1.06. The van der Waals surface area contributed by atoms with E-state index in [-0.39, 0.29) is 11.1 Å². The number of halogens is 2. The molecule has 0 spiro atoms. The number of hydrogen-bond acceptors (Lipinski definition) is 2. The van der Waals surface area contributed by atoms with Crippen molar-refractivity contribution < 1.29 is 8.78 Å². The molecule has 1 rings (SSSR count). The molecule has 0 saturated carbocycles. The van der Waals surface area contributed by atoms with E-state index in [1.807, 2.05) is 0 Å². The van der Waals surface area contributed by atoms with Crippen LogP contribution in [0.3, 0.4) is 0 Å². The van der Waals surface area contributed by atoms with Gasteiger partial charge in [0.15, 0.2) is 0 Å². The third-order valence-corrected chi connectivity index (χ3v) is 1.82. The second-order valence-electron chi connectivity index (χ2n) is 2.55. The Morgan fingerprint density at radius 2 is 2.07 bits per heavy atom. The summed E-state index contributed by atoms with van der Waals surface area (Å²) >= 11 is 3.89. The third-order valence-electron chi connectivity index (χ3n) is 1.61. The first kappa shape index (κ1) is 10.7. The quantitative estimate of drug-likeness (QED) is 0.747. The lowest BCUT2D eigenvalue weighted by Gasteiger charge is -1.98. The molecule has 1 aromatic carbocycles. The van der Waals surface area contributed by atoms with Crippen LogP contribution in [0.15, 0.2) is 18.2 Å². The van der Waals surface area contributed by atoms with Crippen LogP contribution in [-0.2, 0) is 0 Å². The molecule has 0 fully saturated rings. The van der Waals surface area contributed by atoms with E-state index >= 15 is 0 Å². The zero-order valence-electron chi connectivity index (χ0n) is 7.17. The summed E-state index contributed by atoms with van der Waals surface area (Å²) in [5.74, 6) is -0.880. The van der Waals surface area contributed by atoms with Crippen LogP contribution in [0.5, 0.6) is 0 Å². The van der Waals surface area contributed by atoms with Gasteiger partial charge in [0.1, 0.15) is 17.7 Å². The van der Waals surface area contributed by atoms with Crippen LogP contribution in [0.2, 0.25) is 0 Å². The highest BCUT2D eigenvalue weighted by molar-refractivity contribution is 7.80. The summed E-state index contributed by atoms with van der Waals surface area (Å²) in [4.78, 5) is 0. The fraction of sp³-hybridized carbons (Fsp3) is 0.100. The number of nitrogens with zero attached hydrogens (tertiary/aromatic N) is 1. The Morgan fingerprint density at radius 3 is 2.64 bits per heavy atom. The highest BCUT2D eigenvalue weighted by Gasteiger charge is 2.06. The third kappa shape index (κ3) is 2.33. The average Bonchev–Trinajstić information content (AvgIpc) is 2.18. The molecule has 0 atom stereocenters. The van der Waals surface area contributed by atoms with Crippen molar-refractivity contribution in [2.75, 3.05) is 5.75 Å². The number of thiol groups is 1. The largest absolute Gasteiger partial charge is 0.206 e. The summed E-state index contributed by atoms with van der Waals surface area (Å²) in [7, 11) is 0. The van der Waals surface area contributed by atoms with Crippen LogP contribution in [-0.4, -0.2) is 5.75 Å². The van der Waals surface area contributed by atoms with Crippen LogP contribution in [0.25, 0.3) is 6.08 Å². The minimum atomic E-state index is -0.715. The highest BCUT2D eigenvalue weighted by Crippen LogP contribution is 2.15. The first-order chi connectivity index (χ1) is 6.69. The van der Waals surface area contributed by atoms with E-state index in [9.17, 15) is 8.78 Å². The summed E-state index contributed by atoms with van der Waals surface area (Å²) in [6.45, 7) is 0. The van der Waals surface area contributed by atoms with Crippen molar-refractivity contribution in [2.45, 2.75) is 0 Å². The summed E-state index contributed by atoms with van der Waals surface area (Å²) in [5.41, 5.74) is -0.166. The van der Waals surface area contributed by atoms with Gasteiger partial charge in [0.05, 0.1) is 5.56 Å². The topological polar surface area (TPSA) is 23.8 Å². The van der Waals surface area contributed by atoms with Crippen molar-refractivity contribution >= 4 is 18.7 Å². The molecular formula is C10H7F2NS. The lowest BCUT2D eigenvalue weighted by Crippen LogP contribution is -1.90. The van der Waals surface area contributed by atoms with E-state index in [0.717, 1.165) is 12.1 Å². The lowest BCUT2D eigenvalue weighted by molar-refractivity contribution is 0.594. The van der Waals surface area contributed by atoms with Gasteiger partial charge in [0.25, 0.3) is 0 Å². The second-order valence-corrected chi connectivity index (χ2v) is 2.92. The molecular weight excluding hydrogens is 204 g/mol. The van der Waals surface area contributed by atoms with Gasteiger partial charge in [-0.2, -0.15) is 17.9 Å². The van der Waals surface area contributed by atoms with Crippen molar-refractivity contribution in [3.8, 4) is 6.07 Å². The Balaban J connectivity index is 3.17. The zero-order valence-corrected chi connectivity index (χ0v) is 8.06. The Morgan fingerprint density at radius 1 is 1.36 bits per heavy atom. The zero-order chi connectivity index (χ0) is 10.6. The maximum Gasteiger partial charge on any atom is 0.141 e. The molecule has 1 nitrogen and oxygen atoms in total. The van der Waals surface area contributed by atoms with E-state index < -0.39 is 11.6 Å². The molecule has 1 aromatic rings.